The van der Waals surface area contributed by atoms with Gasteiger partial charge < -0.3 is 5.11 Å². The largest absolute Gasteiger partial charge is 0.506 e. The Hall–Kier alpha value is -2.83. The van der Waals surface area contributed by atoms with E-state index in [2.05, 4.69) is 5.10 Å². The first-order valence-corrected chi connectivity index (χ1v) is 8.93. The third-order valence-corrected chi connectivity index (χ3v) is 5.63. The monoisotopic (exact) mass is 406 g/mol. The summed E-state index contributed by atoms with van der Waals surface area (Å²) in [4.78, 5) is 11.3. The quantitative estimate of drug-likeness (QED) is 0.748. The Morgan fingerprint density at radius 2 is 1.93 bits per heavy atom. The fraction of sp³-hybridized carbons (Fsp3) is 0.286. The van der Waals surface area contributed by atoms with Crippen molar-refractivity contribution in [3.05, 3.63) is 30.1 Å². The molecule has 1 saturated carbocycles. The molecule has 1 aromatic heterocycles. The number of aromatic hydroxyl groups is 1. The Kier molecular flexibility index (Phi) is 3.48. The minimum absolute atomic E-state index is 0.293. The molecular weight excluding hydrogens is 396 g/mol. The fourth-order valence-corrected chi connectivity index (χ4v) is 4.01. The van der Waals surface area contributed by atoms with Crippen molar-refractivity contribution in [1.29, 1.82) is 0 Å². The van der Waals surface area contributed by atoms with Crippen molar-refractivity contribution in [2.24, 2.45) is 0 Å². The van der Waals surface area contributed by atoms with Crippen molar-refractivity contribution in [3.63, 3.8) is 0 Å². The van der Waals surface area contributed by atoms with Gasteiger partial charge in [-0.2, -0.15) is 12.8 Å². The molecule has 0 spiro atoms. The van der Waals surface area contributed by atoms with E-state index >= 15 is 0 Å². The van der Waals surface area contributed by atoms with Gasteiger partial charge in [0.2, 0.25) is 5.95 Å². The van der Waals surface area contributed by atoms with Crippen molar-refractivity contribution in [2.75, 3.05) is 10.8 Å². The summed E-state index contributed by atoms with van der Waals surface area (Å²) in [5, 5.41) is 13.2. The number of anilines is 1. The highest BCUT2D eigenvalue weighted by molar-refractivity contribution is 7.92. The van der Waals surface area contributed by atoms with Gasteiger partial charge in [0.1, 0.15) is 24.0 Å². The third kappa shape index (κ3) is 2.69. The van der Waals surface area contributed by atoms with Crippen molar-refractivity contribution in [1.82, 2.24) is 14.5 Å². The van der Waals surface area contributed by atoms with Crippen molar-refractivity contribution in [2.45, 2.75) is 18.4 Å². The Bertz CT molecular complexity index is 1090. The number of hydrogen-bond donors (Lipinski definition) is 2. The van der Waals surface area contributed by atoms with Crippen LogP contribution in [0.5, 0.6) is 5.75 Å². The first-order valence-electron chi connectivity index (χ1n) is 7.49. The minimum Gasteiger partial charge on any atom is -0.506 e. The van der Waals surface area contributed by atoms with Crippen molar-refractivity contribution >= 4 is 21.8 Å². The van der Waals surface area contributed by atoms with E-state index in [1.807, 2.05) is 0 Å². The van der Waals surface area contributed by atoms with Gasteiger partial charge in [0.05, 0.1) is 5.56 Å². The van der Waals surface area contributed by atoms with E-state index in [0.29, 0.717) is 8.99 Å². The number of halogens is 4. The fourth-order valence-electron chi connectivity index (χ4n) is 2.84. The molecule has 1 saturated heterocycles. The predicted octanol–water partition coefficient (Wildman–Crippen LogP) is 1.29. The summed E-state index contributed by atoms with van der Waals surface area (Å²) in [7, 11) is -4.44. The molecule has 1 aliphatic carbocycles. The summed E-state index contributed by atoms with van der Waals surface area (Å²) in [5.41, 5.74) is -1.87. The van der Waals surface area contributed by atoms with Crippen LogP contribution in [-0.4, -0.2) is 41.7 Å². The highest BCUT2D eigenvalue weighted by Crippen LogP contribution is 2.52. The summed E-state index contributed by atoms with van der Waals surface area (Å²) in [6.07, 6.45) is 0.346. The topological polar surface area (TPSA) is 105 Å². The van der Waals surface area contributed by atoms with Crippen LogP contribution in [0.1, 0.15) is 12.5 Å². The van der Waals surface area contributed by atoms with Crippen LogP contribution in [0.4, 0.5) is 23.2 Å². The van der Waals surface area contributed by atoms with Gasteiger partial charge in [-0.15, -0.1) is 5.10 Å². The summed E-state index contributed by atoms with van der Waals surface area (Å²) in [5.74, 6) is -7.39. The maximum Gasteiger partial charge on any atom is 0.326 e. The minimum atomic E-state index is -4.44. The Labute approximate surface area is 149 Å². The summed E-state index contributed by atoms with van der Waals surface area (Å²) in [6, 6.07) is 0.497. The van der Waals surface area contributed by atoms with Crippen molar-refractivity contribution < 1.29 is 35.9 Å². The number of nitrogens with zero attached hydrogens (tertiary/aromatic N) is 3. The molecule has 1 amide bonds. The van der Waals surface area contributed by atoms with Crippen LogP contribution in [0.25, 0.3) is 11.1 Å². The molecule has 13 heteroatoms. The molecule has 2 aromatic rings. The number of amides is 1. The molecule has 0 radical (unpaired) electrons. The number of benzene rings is 1. The molecule has 1 aliphatic heterocycles. The van der Waals surface area contributed by atoms with Gasteiger partial charge >= 0.3 is 10.2 Å². The van der Waals surface area contributed by atoms with E-state index in [9.17, 15) is 35.9 Å². The van der Waals surface area contributed by atoms with Crippen molar-refractivity contribution in [3.8, 4) is 16.9 Å². The van der Waals surface area contributed by atoms with Crippen LogP contribution in [0, 0.1) is 11.8 Å². The number of carbonyl (C=O) groups is 1. The van der Waals surface area contributed by atoms with E-state index < -0.39 is 75.4 Å². The number of aromatic nitrogens is 2. The molecule has 1 atom stereocenters. The van der Waals surface area contributed by atoms with Gasteiger partial charge in [-0.25, -0.2) is 22.2 Å². The molecule has 2 fully saturated rings. The molecule has 4 rings (SSSR count). The molecule has 1 unspecified atom stereocenters. The molecule has 2 aliphatic rings. The highest BCUT2D eigenvalue weighted by atomic mass is 32.2. The predicted molar refractivity (Wildman–Crippen MR) is 82.3 cm³/mol. The molecule has 8 nitrogen and oxygen atoms in total. The number of rotatable bonds is 3. The normalized spacial score (nSPS) is 22.7. The zero-order chi connectivity index (χ0) is 19.7. The standard InChI is InChI=1S/C14H10F4N4O4S/c15-11-6(7-4-21(19-13(7)16)9-3-14(9,17)18)1-2-8(23)12(11)22-5-10(24)20-27(22,25)26/h1-2,4,9,23H,3,5H2,(H,20,24). The van der Waals surface area contributed by atoms with Crippen LogP contribution in [0.3, 0.4) is 0 Å². The third-order valence-electron chi connectivity index (χ3n) is 4.25. The van der Waals surface area contributed by atoms with Gasteiger partial charge in [-0.3, -0.25) is 9.48 Å². The van der Waals surface area contributed by atoms with Crippen LogP contribution in [0.2, 0.25) is 0 Å². The first-order chi connectivity index (χ1) is 12.5. The van der Waals surface area contributed by atoms with E-state index in [0.717, 1.165) is 18.3 Å². The van der Waals surface area contributed by atoms with Crippen LogP contribution < -0.4 is 9.03 Å². The molecule has 27 heavy (non-hydrogen) atoms. The number of hydrogen-bond acceptors (Lipinski definition) is 5. The second-order valence-corrected chi connectivity index (χ2v) is 7.72. The van der Waals surface area contributed by atoms with Gasteiger partial charge in [0, 0.05) is 18.2 Å². The molecule has 0 bridgehead atoms. The van der Waals surface area contributed by atoms with Gasteiger partial charge in [0.15, 0.2) is 5.82 Å². The lowest BCUT2D eigenvalue weighted by Gasteiger charge is -2.18. The van der Waals surface area contributed by atoms with E-state index in [1.54, 1.807) is 4.72 Å². The second-order valence-electron chi connectivity index (χ2n) is 6.13. The van der Waals surface area contributed by atoms with Crippen LogP contribution >= 0.6 is 0 Å². The lowest BCUT2D eigenvalue weighted by Crippen LogP contribution is -2.30. The Balaban J connectivity index is 1.82. The van der Waals surface area contributed by atoms with E-state index in [4.69, 9.17) is 0 Å². The van der Waals surface area contributed by atoms with E-state index in [-0.39, 0.29) is 0 Å². The Morgan fingerprint density at radius 3 is 2.48 bits per heavy atom. The Morgan fingerprint density at radius 1 is 1.26 bits per heavy atom. The number of alkyl halides is 2. The van der Waals surface area contributed by atoms with Gasteiger partial charge in [0.25, 0.3) is 11.8 Å². The molecular formula is C14H10F4N4O4S. The number of phenolic OH excluding ortho intramolecular Hbond substituents is 1. The molecule has 2 N–H and O–H groups in total. The highest BCUT2D eigenvalue weighted by Gasteiger charge is 2.59. The smallest absolute Gasteiger partial charge is 0.326 e. The lowest BCUT2D eigenvalue weighted by molar-refractivity contribution is -0.117. The average molecular weight is 406 g/mol. The van der Waals surface area contributed by atoms with Crippen LogP contribution in [0.15, 0.2) is 18.3 Å². The lowest BCUT2D eigenvalue weighted by atomic mass is 10.1. The van der Waals surface area contributed by atoms with Gasteiger partial charge in [-0.1, -0.05) is 0 Å². The number of nitrogens with one attached hydrogen (secondary N) is 1. The van der Waals surface area contributed by atoms with E-state index in [1.165, 1.54) is 0 Å². The zero-order valence-corrected chi connectivity index (χ0v) is 14.0. The summed E-state index contributed by atoms with van der Waals surface area (Å²) >= 11 is 0. The molecule has 144 valence electrons. The first kappa shape index (κ1) is 17.6. The number of carbonyl (C=O) groups excluding carboxylic acids is 1. The maximum atomic E-state index is 14.9. The van der Waals surface area contributed by atoms with Gasteiger partial charge in [-0.05, 0) is 12.1 Å². The van der Waals surface area contributed by atoms with Crippen LogP contribution in [-0.2, 0) is 15.0 Å². The molecule has 2 heterocycles. The summed E-state index contributed by atoms with van der Waals surface area (Å²) < 4.78 is 81.8. The maximum absolute atomic E-state index is 14.9. The average Bonchev–Trinajstić information content (AvgIpc) is 2.87. The summed E-state index contributed by atoms with van der Waals surface area (Å²) in [6.45, 7) is -0.785. The second kappa shape index (κ2) is 5.34. The number of phenols is 1. The molecule has 1 aromatic carbocycles. The zero-order valence-electron chi connectivity index (χ0n) is 13.2. The SMILES string of the molecule is O=C1CN(c2c(O)ccc(-c3cn(C4CC4(F)F)nc3F)c2F)S(=O)(=O)N1.